The van der Waals surface area contributed by atoms with E-state index in [1.165, 1.54) is 0 Å². The third-order valence-corrected chi connectivity index (χ3v) is 2.12. The number of thiol groups is 1. The van der Waals surface area contributed by atoms with Gasteiger partial charge >= 0.3 is 0 Å². The van der Waals surface area contributed by atoms with E-state index in [1.54, 1.807) is 0 Å². The lowest BCUT2D eigenvalue weighted by atomic mass is 10.3. The van der Waals surface area contributed by atoms with Crippen LogP contribution in [-0.4, -0.2) is 42.9 Å². The zero-order chi connectivity index (χ0) is 8.81. The molecule has 1 heterocycles. The molecule has 0 aromatic heterocycles. The van der Waals surface area contributed by atoms with E-state index in [0.29, 0.717) is 18.8 Å². The van der Waals surface area contributed by atoms with Crippen LogP contribution in [0.1, 0.15) is 12.8 Å². The van der Waals surface area contributed by atoms with Gasteiger partial charge in [-0.2, -0.15) is 12.6 Å². The second-order valence-corrected chi connectivity index (χ2v) is 3.27. The number of nitrogens with zero attached hydrogens (tertiary/aromatic N) is 1. The van der Waals surface area contributed by atoms with Crippen molar-refractivity contribution in [3.8, 4) is 0 Å². The van der Waals surface area contributed by atoms with Crippen LogP contribution in [0.3, 0.4) is 0 Å². The van der Waals surface area contributed by atoms with Gasteiger partial charge in [0.15, 0.2) is 0 Å². The Labute approximate surface area is 78.5 Å². The van der Waals surface area contributed by atoms with E-state index in [9.17, 15) is 4.79 Å². The van der Waals surface area contributed by atoms with Crippen LogP contribution in [0.15, 0.2) is 0 Å². The number of carbonyl (C=O) groups excluding carboxylic acids is 1. The van der Waals surface area contributed by atoms with Crippen molar-refractivity contribution in [2.45, 2.75) is 12.8 Å². The second-order valence-electron chi connectivity index (χ2n) is 2.82. The number of carbonyl (C=O) groups is 1. The minimum absolute atomic E-state index is 0.204. The van der Waals surface area contributed by atoms with Crippen LogP contribution in [0.5, 0.6) is 0 Å². The Morgan fingerprint density at radius 1 is 1.42 bits per heavy atom. The second kappa shape index (κ2) is 5.43. The summed E-state index contributed by atoms with van der Waals surface area (Å²) in [6.45, 7) is 3.04. The van der Waals surface area contributed by atoms with Crippen molar-refractivity contribution in [2.75, 3.05) is 32.1 Å². The van der Waals surface area contributed by atoms with Crippen LogP contribution in [0, 0.1) is 0 Å². The summed E-state index contributed by atoms with van der Waals surface area (Å²) in [7, 11) is 0. The molecule has 1 saturated heterocycles. The van der Waals surface area contributed by atoms with E-state index in [0.717, 1.165) is 26.1 Å². The highest BCUT2D eigenvalue weighted by molar-refractivity contribution is 7.80. The molecule has 1 rings (SSSR count). The number of hydrogen-bond acceptors (Lipinski definition) is 3. The number of amides is 1. The number of hydrogen-bond donors (Lipinski definition) is 1. The minimum atomic E-state index is 0.204. The monoisotopic (exact) mass is 189 g/mol. The number of rotatable bonds is 2. The molecular weight excluding hydrogens is 174 g/mol. The van der Waals surface area contributed by atoms with Gasteiger partial charge in [-0.05, 0) is 12.2 Å². The van der Waals surface area contributed by atoms with Crippen LogP contribution < -0.4 is 0 Å². The zero-order valence-electron chi connectivity index (χ0n) is 7.16. The summed E-state index contributed by atoms with van der Waals surface area (Å²) >= 11 is 4.03. The highest BCUT2D eigenvalue weighted by Crippen LogP contribution is 2.01. The molecule has 3 nitrogen and oxygen atoms in total. The van der Waals surface area contributed by atoms with Crippen molar-refractivity contribution < 1.29 is 9.53 Å². The van der Waals surface area contributed by atoms with Crippen LogP contribution in [0.4, 0.5) is 0 Å². The molecule has 1 aliphatic rings. The maximum absolute atomic E-state index is 11.4. The lowest BCUT2D eigenvalue weighted by molar-refractivity contribution is -0.130. The summed E-state index contributed by atoms with van der Waals surface area (Å²) in [5.41, 5.74) is 0. The average molecular weight is 189 g/mol. The first-order valence-electron chi connectivity index (χ1n) is 4.31. The fourth-order valence-electron chi connectivity index (χ4n) is 1.25. The fraction of sp³-hybridized carbons (Fsp3) is 0.875. The van der Waals surface area contributed by atoms with Crippen LogP contribution in [0.2, 0.25) is 0 Å². The van der Waals surface area contributed by atoms with Gasteiger partial charge in [0.25, 0.3) is 0 Å². The minimum Gasteiger partial charge on any atom is -0.380 e. The summed E-state index contributed by atoms with van der Waals surface area (Å²) in [5.74, 6) is 0.839. The molecule has 1 fully saturated rings. The van der Waals surface area contributed by atoms with Gasteiger partial charge in [0.05, 0.1) is 6.61 Å². The van der Waals surface area contributed by atoms with E-state index in [4.69, 9.17) is 4.74 Å². The number of ether oxygens (including phenoxy) is 1. The molecule has 12 heavy (non-hydrogen) atoms. The van der Waals surface area contributed by atoms with Gasteiger partial charge in [0.1, 0.15) is 0 Å². The van der Waals surface area contributed by atoms with Crippen molar-refractivity contribution in [3.63, 3.8) is 0 Å². The Hall–Kier alpha value is -0.220. The molecule has 0 radical (unpaired) electrons. The molecule has 0 aromatic carbocycles. The highest BCUT2D eigenvalue weighted by atomic mass is 32.1. The van der Waals surface area contributed by atoms with Crippen LogP contribution in [0.25, 0.3) is 0 Å². The molecule has 0 bridgehead atoms. The third-order valence-electron chi connectivity index (χ3n) is 1.90. The smallest absolute Gasteiger partial charge is 0.223 e. The summed E-state index contributed by atoms with van der Waals surface area (Å²) in [5, 5.41) is 0. The molecule has 70 valence electrons. The summed E-state index contributed by atoms with van der Waals surface area (Å²) < 4.78 is 5.24. The molecule has 0 aromatic rings. The zero-order valence-corrected chi connectivity index (χ0v) is 8.06. The molecular formula is C8H15NO2S. The first kappa shape index (κ1) is 9.86. The Morgan fingerprint density at radius 2 is 2.25 bits per heavy atom. The molecule has 0 aliphatic carbocycles. The molecule has 0 N–H and O–H groups in total. The lowest BCUT2D eigenvalue weighted by Gasteiger charge is -2.18. The fourth-order valence-corrected chi connectivity index (χ4v) is 1.44. The van der Waals surface area contributed by atoms with Gasteiger partial charge in [-0.15, -0.1) is 0 Å². The lowest BCUT2D eigenvalue weighted by Crippen LogP contribution is -2.33. The average Bonchev–Trinajstić information content (AvgIpc) is 2.32. The Kier molecular flexibility index (Phi) is 4.46. The van der Waals surface area contributed by atoms with Gasteiger partial charge < -0.3 is 9.64 Å². The Balaban J connectivity index is 2.32. The van der Waals surface area contributed by atoms with Gasteiger partial charge in [0, 0.05) is 26.1 Å². The van der Waals surface area contributed by atoms with Crippen molar-refractivity contribution in [1.82, 2.24) is 4.90 Å². The molecule has 0 spiro atoms. The topological polar surface area (TPSA) is 29.5 Å². The largest absolute Gasteiger partial charge is 0.380 e. The van der Waals surface area contributed by atoms with E-state index in [2.05, 4.69) is 12.6 Å². The highest BCUT2D eigenvalue weighted by Gasteiger charge is 2.13. The van der Waals surface area contributed by atoms with E-state index >= 15 is 0 Å². The van der Waals surface area contributed by atoms with Crippen molar-refractivity contribution in [2.24, 2.45) is 0 Å². The molecule has 1 aliphatic heterocycles. The predicted molar refractivity (Wildman–Crippen MR) is 50.5 cm³/mol. The van der Waals surface area contributed by atoms with Crippen molar-refractivity contribution in [3.05, 3.63) is 0 Å². The van der Waals surface area contributed by atoms with Gasteiger partial charge in [-0.25, -0.2) is 0 Å². The third kappa shape index (κ3) is 3.03. The standard InChI is InChI=1S/C8H15NO2S/c10-8(2-7-12)9-3-1-5-11-6-4-9/h12H,1-7H2. The van der Waals surface area contributed by atoms with Crippen molar-refractivity contribution >= 4 is 18.5 Å². The first-order valence-corrected chi connectivity index (χ1v) is 4.94. The van der Waals surface area contributed by atoms with Gasteiger partial charge in [-0.3, -0.25) is 4.79 Å². The van der Waals surface area contributed by atoms with E-state index < -0.39 is 0 Å². The molecule has 0 atom stereocenters. The summed E-state index contributed by atoms with van der Waals surface area (Å²) in [4.78, 5) is 13.2. The van der Waals surface area contributed by atoms with Crippen LogP contribution >= 0.6 is 12.6 Å². The Morgan fingerprint density at radius 3 is 3.00 bits per heavy atom. The Bertz CT molecular complexity index is 144. The SMILES string of the molecule is O=C(CCS)N1CCCOCC1. The predicted octanol–water partition coefficient (Wildman–Crippen LogP) is 0.555. The van der Waals surface area contributed by atoms with Gasteiger partial charge in [-0.1, -0.05) is 0 Å². The van der Waals surface area contributed by atoms with Gasteiger partial charge in [0.2, 0.25) is 5.91 Å². The molecule has 1 amide bonds. The molecule has 0 saturated carbocycles. The van der Waals surface area contributed by atoms with Crippen molar-refractivity contribution in [1.29, 1.82) is 0 Å². The molecule has 0 unspecified atom stereocenters. The maximum Gasteiger partial charge on any atom is 0.223 e. The first-order chi connectivity index (χ1) is 5.84. The van der Waals surface area contributed by atoms with E-state index in [1.807, 2.05) is 4.90 Å². The normalized spacial score (nSPS) is 18.9. The summed E-state index contributed by atoms with van der Waals surface area (Å²) in [6, 6.07) is 0. The van der Waals surface area contributed by atoms with E-state index in [-0.39, 0.29) is 5.91 Å². The maximum atomic E-state index is 11.4. The molecule has 4 heteroatoms. The summed E-state index contributed by atoms with van der Waals surface area (Å²) in [6.07, 6.45) is 1.50. The van der Waals surface area contributed by atoms with Crippen LogP contribution in [-0.2, 0) is 9.53 Å². The quantitative estimate of drug-likeness (QED) is 0.643.